The SMILES string of the molecule is Cc1nc2ncc(Br)cn2c1N=C=O. The number of nitrogens with zero attached hydrogens (tertiary/aromatic N) is 4. The molecular formula is C8H5BrN4O. The van der Waals surface area contributed by atoms with Gasteiger partial charge in [0.15, 0.2) is 5.82 Å². The second kappa shape index (κ2) is 3.32. The van der Waals surface area contributed by atoms with Crippen LogP contribution in [0.15, 0.2) is 21.9 Å². The highest BCUT2D eigenvalue weighted by Crippen LogP contribution is 2.20. The first-order chi connectivity index (χ1) is 6.72. The summed E-state index contributed by atoms with van der Waals surface area (Å²) in [6, 6.07) is 0. The van der Waals surface area contributed by atoms with E-state index in [2.05, 4.69) is 30.9 Å². The van der Waals surface area contributed by atoms with Crippen molar-refractivity contribution in [2.75, 3.05) is 0 Å². The summed E-state index contributed by atoms with van der Waals surface area (Å²) in [6.45, 7) is 1.76. The molecule has 6 heteroatoms. The van der Waals surface area contributed by atoms with Crippen LogP contribution in [0.5, 0.6) is 0 Å². The zero-order chi connectivity index (χ0) is 10.1. The van der Waals surface area contributed by atoms with E-state index in [0.29, 0.717) is 17.3 Å². The molecule has 0 fully saturated rings. The molecule has 0 saturated heterocycles. The first kappa shape index (κ1) is 9.05. The van der Waals surface area contributed by atoms with Crippen molar-refractivity contribution in [3.8, 4) is 0 Å². The van der Waals surface area contributed by atoms with Crippen molar-refractivity contribution in [2.24, 2.45) is 4.99 Å². The molecule has 2 aromatic heterocycles. The van der Waals surface area contributed by atoms with Crippen LogP contribution in [-0.4, -0.2) is 20.4 Å². The molecule has 0 aromatic carbocycles. The fourth-order valence-corrected chi connectivity index (χ4v) is 1.49. The molecule has 0 saturated carbocycles. The summed E-state index contributed by atoms with van der Waals surface area (Å²) in [6.07, 6.45) is 4.88. The van der Waals surface area contributed by atoms with Crippen LogP contribution in [0, 0.1) is 6.92 Å². The monoisotopic (exact) mass is 252 g/mol. The minimum atomic E-state index is 0.462. The first-order valence-electron chi connectivity index (χ1n) is 3.80. The van der Waals surface area contributed by atoms with Gasteiger partial charge in [-0.3, -0.25) is 4.40 Å². The quantitative estimate of drug-likeness (QED) is 0.574. The summed E-state index contributed by atoms with van der Waals surface area (Å²) in [5.41, 5.74) is 0.652. The Balaban J connectivity index is 2.85. The summed E-state index contributed by atoms with van der Waals surface area (Å²) in [4.78, 5) is 21.9. The second-order valence-electron chi connectivity index (χ2n) is 2.67. The van der Waals surface area contributed by atoms with E-state index in [9.17, 15) is 4.79 Å². The Hall–Kier alpha value is -1.52. The average molecular weight is 253 g/mol. The number of aryl methyl sites for hydroxylation is 1. The maximum Gasteiger partial charge on any atom is 0.242 e. The maximum absolute atomic E-state index is 10.2. The molecule has 0 N–H and O–H groups in total. The van der Waals surface area contributed by atoms with Gasteiger partial charge in [0.05, 0.1) is 10.2 Å². The Labute approximate surface area is 87.6 Å². The van der Waals surface area contributed by atoms with Crippen molar-refractivity contribution < 1.29 is 4.79 Å². The van der Waals surface area contributed by atoms with E-state index < -0.39 is 0 Å². The van der Waals surface area contributed by atoms with Crippen LogP contribution >= 0.6 is 15.9 Å². The summed E-state index contributed by atoms with van der Waals surface area (Å²) < 4.78 is 2.43. The molecule has 2 heterocycles. The Morgan fingerprint density at radius 1 is 1.64 bits per heavy atom. The standard InChI is InChI=1S/C8H5BrN4O/c1-5-7(11-4-14)13-3-6(9)2-10-8(13)12-5/h2-3H,1H3. The van der Waals surface area contributed by atoms with Crippen LogP contribution < -0.4 is 0 Å². The van der Waals surface area contributed by atoms with Gasteiger partial charge in [0.2, 0.25) is 11.9 Å². The highest BCUT2D eigenvalue weighted by Gasteiger charge is 2.08. The molecule has 0 radical (unpaired) electrons. The second-order valence-corrected chi connectivity index (χ2v) is 3.58. The third kappa shape index (κ3) is 1.34. The predicted octanol–water partition coefficient (Wildman–Crippen LogP) is 1.77. The Bertz CT molecular complexity index is 542. The van der Waals surface area contributed by atoms with Crippen molar-refractivity contribution in [3.05, 3.63) is 22.6 Å². The summed E-state index contributed by atoms with van der Waals surface area (Å²) in [5, 5.41) is 0. The van der Waals surface area contributed by atoms with Crippen LogP contribution in [0.3, 0.4) is 0 Å². The Kier molecular flexibility index (Phi) is 2.15. The maximum atomic E-state index is 10.2. The molecule has 0 aliphatic heterocycles. The number of rotatable bonds is 1. The number of isocyanates is 1. The van der Waals surface area contributed by atoms with Crippen molar-refractivity contribution in [1.29, 1.82) is 0 Å². The number of halogens is 1. The van der Waals surface area contributed by atoms with Gasteiger partial charge in [-0.15, -0.1) is 4.99 Å². The molecule has 2 aromatic rings. The van der Waals surface area contributed by atoms with Gasteiger partial charge in [-0.25, -0.2) is 14.8 Å². The molecule has 0 spiro atoms. The fraction of sp³-hybridized carbons (Fsp3) is 0.125. The zero-order valence-corrected chi connectivity index (χ0v) is 8.82. The smallest absolute Gasteiger partial charge is 0.242 e. The van der Waals surface area contributed by atoms with E-state index in [1.807, 2.05) is 0 Å². The van der Waals surface area contributed by atoms with E-state index in [4.69, 9.17) is 0 Å². The Morgan fingerprint density at radius 2 is 2.43 bits per heavy atom. The van der Waals surface area contributed by atoms with E-state index in [-0.39, 0.29) is 0 Å². The topological polar surface area (TPSA) is 59.6 Å². The van der Waals surface area contributed by atoms with Crippen molar-refractivity contribution in [1.82, 2.24) is 14.4 Å². The average Bonchev–Trinajstić information content (AvgIpc) is 2.45. The fourth-order valence-electron chi connectivity index (χ4n) is 1.19. The van der Waals surface area contributed by atoms with Crippen LogP contribution in [-0.2, 0) is 4.79 Å². The molecule has 0 unspecified atom stereocenters. The molecule has 2 rings (SSSR count). The molecule has 0 bridgehead atoms. The highest BCUT2D eigenvalue weighted by molar-refractivity contribution is 9.10. The van der Waals surface area contributed by atoms with Gasteiger partial charge < -0.3 is 0 Å². The van der Waals surface area contributed by atoms with Gasteiger partial charge in [-0.2, -0.15) is 0 Å². The number of aliphatic imine (C=N–C) groups is 1. The lowest BCUT2D eigenvalue weighted by molar-refractivity contribution is 0.565. The van der Waals surface area contributed by atoms with Gasteiger partial charge in [-0.05, 0) is 22.9 Å². The normalized spacial score (nSPS) is 10.1. The van der Waals surface area contributed by atoms with Crippen molar-refractivity contribution >= 4 is 33.6 Å². The van der Waals surface area contributed by atoms with Crippen LogP contribution in [0.25, 0.3) is 5.78 Å². The molecule has 70 valence electrons. The summed E-state index contributed by atoms with van der Waals surface area (Å²) >= 11 is 3.28. The van der Waals surface area contributed by atoms with E-state index in [1.165, 1.54) is 6.08 Å². The third-order valence-corrected chi connectivity index (χ3v) is 2.15. The summed E-state index contributed by atoms with van der Waals surface area (Å²) in [5.74, 6) is 0.975. The number of hydrogen-bond acceptors (Lipinski definition) is 4. The largest absolute Gasteiger partial charge is 0.266 e. The minimum absolute atomic E-state index is 0.462. The van der Waals surface area contributed by atoms with Crippen molar-refractivity contribution in [2.45, 2.75) is 6.92 Å². The lowest BCUT2D eigenvalue weighted by Crippen LogP contribution is -1.86. The van der Waals surface area contributed by atoms with Gasteiger partial charge in [0.25, 0.3) is 0 Å². The number of carbonyl (C=O) groups excluding carboxylic acids is 1. The summed E-state index contributed by atoms with van der Waals surface area (Å²) in [7, 11) is 0. The molecular weight excluding hydrogens is 248 g/mol. The van der Waals surface area contributed by atoms with E-state index >= 15 is 0 Å². The van der Waals surface area contributed by atoms with E-state index in [0.717, 1.165) is 4.47 Å². The van der Waals surface area contributed by atoms with Crippen molar-refractivity contribution in [3.63, 3.8) is 0 Å². The molecule has 0 aliphatic rings. The zero-order valence-electron chi connectivity index (χ0n) is 7.23. The van der Waals surface area contributed by atoms with E-state index in [1.54, 1.807) is 23.7 Å². The molecule has 14 heavy (non-hydrogen) atoms. The van der Waals surface area contributed by atoms with Gasteiger partial charge in [0.1, 0.15) is 0 Å². The molecule has 5 nitrogen and oxygen atoms in total. The van der Waals surface area contributed by atoms with Crippen LogP contribution in [0.2, 0.25) is 0 Å². The van der Waals surface area contributed by atoms with Crippen LogP contribution in [0.1, 0.15) is 5.69 Å². The number of imidazole rings is 1. The highest BCUT2D eigenvalue weighted by atomic mass is 79.9. The molecule has 0 aliphatic carbocycles. The number of fused-ring (bicyclic) bond motifs is 1. The minimum Gasteiger partial charge on any atom is -0.266 e. The lowest BCUT2D eigenvalue weighted by Gasteiger charge is -1.94. The van der Waals surface area contributed by atoms with Gasteiger partial charge >= 0.3 is 0 Å². The van der Waals surface area contributed by atoms with Crippen LogP contribution in [0.4, 0.5) is 5.82 Å². The van der Waals surface area contributed by atoms with Gasteiger partial charge in [0, 0.05) is 12.4 Å². The number of aromatic nitrogens is 3. The lowest BCUT2D eigenvalue weighted by atomic mass is 10.5. The first-order valence-corrected chi connectivity index (χ1v) is 4.60. The number of hydrogen-bond donors (Lipinski definition) is 0. The predicted molar refractivity (Wildman–Crippen MR) is 53.2 cm³/mol. The van der Waals surface area contributed by atoms with Gasteiger partial charge in [-0.1, -0.05) is 0 Å². The molecule has 0 amide bonds. The third-order valence-electron chi connectivity index (χ3n) is 1.74. The Morgan fingerprint density at radius 3 is 3.14 bits per heavy atom. The molecule has 0 atom stereocenters.